The average molecular weight is 340 g/mol. The van der Waals surface area contributed by atoms with Gasteiger partial charge in [-0.2, -0.15) is 0 Å². The summed E-state index contributed by atoms with van der Waals surface area (Å²) in [5.41, 5.74) is 1.40. The minimum atomic E-state index is -0.735. The summed E-state index contributed by atoms with van der Waals surface area (Å²) in [4.78, 5) is 41.5. The molecule has 0 radical (unpaired) electrons. The van der Waals surface area contributed by atoms with E-state index >= 15 is 0 Å². The van der Waals surface area contributed by atoms with E-state index in [0.29, 0.717) is 6.42 Å². The number of benzene rings is 1. The van der Waals surface area contributed by atoms with Crippen molar-refractivity contribution >= 4 is 17.7 Å². The van der Waals surface area contributed by atoms with E-state index in [4.69, 9.17) is 0 Å². The zero-order valence-electron chi connectivity index (χ0n) is 14.7. The quantitative estimate of drug-likeness (QED) is 0.774. The summed E-state index contributed by atoms with van der Waals surface area (Å²) in [6, 6.07) is 8.08. The van der Waals surface area contributed by atoms with Gasteiger partial charge in [-0.05, 0) is 50.2 Å². The second-order valence-corrected chi connectivity index (χ2v) is 7.63. The Balaban J connectivity index is 1.56. The Morgan fingerprint density at radius 2 is 2.04 bits per heavy atom. The highest BCUT2D eigenvalue weighted by molar-refractivity contribution is 6.11. The number of carbonyl (C=O) groups excluding carboxylic acids is 3. The Labute approximate surface area is 148 Å². The predicted octanol–water partition coefficient (Wildman–Crippen LogP) is 2.03. The van der Waals surface area contributed by atoms with Crippen molar-refractivity contribution in [1.82, 2.24) is 9.80 Å². The lowest BCUT2D eigenvalue weighted by atomic mass is 9.80. The lowest BCUT2D eigenvalue weighted by molar-refractivity contribution is -0.147. The minimum absolute atomic E-state index is 0.0998. The number of rotatable bonds is 2. The highest BCUT2D eigenvalue weighted by Gasteiger charge is 2.55. The summed E-state index contributed by atoms with van der Waals surface area (Å²) in [7, 11) is 0. The number of nitrogens with zero attached hydrogens (tertiary/aromatic N) is 2. The first-order chi connectivity index (χ1) is 12.0. The van der Waals surface area contributed by atoms with Crippen molar-refractivity contribution < 1.29 is 14.4 Å². The molecule has 5 heteroatoms. The number of amides is 3. The van der Waals surface area contributed by atoms with Crippen LogP contribution in [0.25, 0.3) is 0 Å². The highest BCUT2D eigenvalue weighted by Crippen LogP contribution is 2.46. The van der Waals surface area contributed by atoms with Crippen molar-refractivity contribution in [2.75, 3.05) is 13.1 Å². The van der Waals surface area contributed by atoms with E-state index < -0.39 is 5.41 Å². The van der Waals surface area contributed by atoms with Gasteiger partial charge in [0.15, 0.2) is 0 Å². The van der Waals surface area contributed by atoms with E-state index in [1.54, 1.807) is 0 Å². The highest BCUT2D eigenvalue weighted by atomic mass is 16.2. The fourth-order valence-corrected chi connectivity index (χ4v) is 4.75. The maximum atomic E-state index is 13.1. The van der Waals surface area contributed by atoms with Gasteiger partial charge in [-0.15, -0.1) is 0 Å². The van der Waals surface area contributed by atoms with Crippen molar-refractivity contribution in [1.29, 1.82) is 0 Å². The van der Waals surface area contributed by atoms with Gasteiger partial charge in [0.2, 0.25) is 17.7 Å². The topological polar surface area (TPSA) is 57.7 Å². The number of piperidine rings is 1. The minimum Gasteiger partial charge on any atom is -0.338 e. The maximum Gasteiger partial charge on any atom is 0.242 e. The van der Waals surface area contributed by atoms with Gasteiger partial charge in [0, 0.05) is 19.0 Å². The molecule has 0 N–H and O–H groups in total. The molecule has 2 heterocycles. The van der Waals surface area contributed by atoms with Crippen LogP contribution in [0, 0.1) is 0 Å². The molecule has 0 saturated carbocycles. The Morgan fingerprint density at radius 3 is 2.84 bits per heavy atom. The van der Waals surface area contributed by atoms with E-state index in [1.165, 1.54) is 4.90 Å². The standard InChI is InChI=1S/C20H24N2O3/c1-14-6-4-5-11-21(14)18(24)13-22-17(23)12-20(19(22)25)10-9-15-7-2-3-8-16(15)20/h2-3,7-8,14H,4-6,9-13H2,1H3. The van der Waals surface area contributed by atoms with Crippen LogP contribution >= 0.6 is 0 Å². The van der Waals surface area contributed by atoms with Gasteiger partial charge in [-0.3, -0.25) is 19.3 Å². The maximum absolute atomic E-state index is 13.1. The van der Waals surface area contributed by atoms with Crippen LogP contribution in [-0.2, 0) is 26.2 Å². The SMILES string of the molecule is CC1CCCCN1C(=O)CN1C(=O)CC2(CCc3ccccc32)C1=O. The zero-order valence-corrected chi connectivity index (χ0v) is 14.7. The molecule has 1 spiro atoms. The molecular weight excluding hydrogens is 316 g/mol. The van der Waals surface area contributed by atoms with Crippen LogP contribution in [-0.4, -0.2) is 46.7 Å². The molecule has 1 aliphatic carbocycles. The Kier molecular flexibility index (Phi) is 3.89. The molecule has 132 valence electrons. The smallest absolute Gasteiger partial charge is 0.242 e. The largest absolute Gasteiger partial charge is 0.338 e. The fourth-order valence-electron chi connectivity index (χ4n) is 4.75. The molecule has 5 nitrogen and oxygen atoms in total. The summed E-state index contributed by atoms with van der Waals surface area (Å²) in [5.74, 6) is -0.489. The lowest BCUT2D eigenvalue weighted by Gasteiger charge is -2.34. The van der Waals surface area contributed by atoms with Crippen LogP contribution in [0.4, 0.5) is 0 Å². The third-order valence-corrected chi connectivity index (χ3v) is 6.18. The Morgan fingerprint density at radius 1 is 1.24 bits per heavy atom. The molecule has 0 bridgehead atoms. The van der Waals surface area contributed by atoms with Crippen molar-refractivity contribution in [3.05, 3.63) is 35.4 Å². The fraction of sp³-hybridized carbons (Fsp3) is 0.550. The summed E-state index contributed by atoms with van der Waals surface area (Å²) in [5, 5.41) is 0. The molecule has 2 aliphatic heterocycles. The number of carbonyl (C=O) groups is 3. The third kappa shape index (κ3) is 2.48. The lowest BCUT2D eigenvalue weighted by Crippen LogP contribution is -2.49. The van der Waals surface area contributed by atoms with E-state index in [9.17, 15) is 14.4 Å². The Hall–Kier alpha value is -2.17. The van der Waals surface area contributed by atoms with Gasteiger partial charge < -0.3 is 4.90 Å². The Bertz CT molecular complexity index is 744. The van der Waals surface area contributed by atoms with Gasteiger partial charge in [-0.1, -0.05) is 24.3 Å². The van der Waals surface area contributed by atoms with Gasteiger partial charge in [-0.25, -0.2) is 0 Å². The molecule has 1 aromatic carbocycles. The van der Waals surface area contributed by atoms with Crippen LogP contribution < -0.4 is 0 Å². The summed E-state index contributed by atoms with van der Waals surface area (Å²) < 4.78 is 0. The van der Waals surface area contributed by atoms with Gasteiger partial charge >= 0.3 is 0 Å². The molecule has 3 amide bonds. The van der Waals surface area contributed by atoms with Gasteiger partial charge in [0.1, 0.15) is 6.54 Å². The molecule has 1 aromatic rings. The average Bonchev–Trinajstić information content (AvgIpc) is 3.09. The van der Waals surface area contributed by atoms with Gasteiger partial charge in [0.25, 0.3) is 0 Å². The molecule has 2 atom stereocenters. The van der Waals surface area contributed by atoms with Crippen molar-refractivity contribution in [3.63, 3.8) is 0 Å². The van der Waals surface area contributed by atoms with E-state index in [1.807, 2.05) is 36.1 Å². The number of imide groups is 1. The molecule has 4 rings (SSSR count). The van der Waals surface area contributed by atoms with Crippen molar-refractivity contribution in [3.8, 4) is 0 Å². The number of aryl methyl sites for hydroxylation is 1. The van der Waals surface area contributed by atoms with E-state index in [2.05, 4.69) is 0 Å². The zero-order chi connectivity index (χ0) is 17.6. The molecule has 2 saturated heterocycles. The van der Waals surface area contributed by atoms with Crippen LogP contribution in [0.3, 0.4) is 0 Å². The molecular formula is C20H24N2O3. The second kappa shape index (κ2) is 5.97. The van der Waals surface area contributed by atoms with Crippen molar-refractivity contribution in [2.24, 2.45) is 0 Å². The first-order valence-electron chi connectivity index (χ1n) is 9.25. The molecule has 2 fully saturated rings. The monoisotopic (exact) mass is 340 g/mol. The second-order valence-electron chi connectivity index (χ2n) is 7.63. The number of fused-ring (bicyclic) bond motifs is 2. The summed E-state index contributed by atoms with van der Waals surface area (Å²) >= 11 is 0. The van der Waals surface area contributed by atoms with Crippen LogP contribution in [0.15, 0.2) is 24.3 Å². The number of hydrogen-bond donors (Lipinski definition) is 0. The summed E-state index contributed by atoms with van der Waals surface area (Å²) in [6.07, 6.45) is 4.81. The summed E-state index contributed by atoms with van der Waals surface area (Å²) in [6.45, 7) is 2.66. The third-order valence-electron chi connectivity index (χ3n) is 6.18. The van der Waals surface area contributed by atoms with Gasteiger partial charge in [0.05, 0.1) is 5.41 Å². The number of likely N-dealkylation sites (tertiary alicyclic amines) is 2. The first kappa shape index (κ1) is 16.3. The molecule has 0 aromatic heterocycles. The van der Waals surface area contributed by atoms with E-state index in [0.717, 1.165) is 43.4 Å². The molecule has 3 aliphatic rings. The number of hydrogen-bond acceptors (Lipinski definition) is 3. The van der Waals surface area contributed by atoms with Crippen LogP contribution in [0.1, 0.15) is 50.2 Å². The van der Waals surface area contributed by atoms with Crippen LogP contribution in [0.2, 0.25) is 0 Å². The van der Waals surface area contributed by atoms with E-state index in [-0.39, 0.29) is 36.7 Å². The first-order valence-corrected chi connectivity index (χ1v) is 9.25. The normalized spacial score (nSPS) is 28.8. The molecule has 2 unspecified atom stereocenters. The predicted molar refractivity (Wildman–Crippen MR) is 92.8 cm³/mol. The van der Waals surface area contributed by atoms with Crippen LogP contribution in [0.5, 0.6) is 0 Å². The molecule has 25 heavy (non-hydrogen) atoms. The van der Waals surface area contributed by atoms with Crippen molar-refractivity contribution in [2.45, 2.75) is 56.9 Å².